The molecule has 2 nitrogen and oxygen atoms in total. The van der Waals surface area contributed by atoms with Crippen molar-refractivity contribution < 1.29 is 13.2 Å². The van der Waals surface area contributed by atoms with Crippen LogP contribution in [0.15, 0.2) is 52.3 Å². The number of hydrogen-bond donors (Lipinski definition) is 0. The summed E-state index contributed by atoms with van der Waals surface area (Å²) in [6, 6.07) is 13.4. The summed E-state index contributed by atoms with van der Waals surface area (Å²) in [4.78, 5) is 0.324. The number of nitriles is 2. The standard InChI is InChI=1S/C15H7F3N2S/c16-15(17,18)12-5-1-2-6-14(12)21-13-7-3-4-10(8-19)11(13)9-20/h1-7H. The molecule has 0 saturated heterocycles. The predicted molar refractivity (Wildman–Crippen MR) is 71.4 cm³/mol. The molecule has 0 saturated carbocycles. The van der Waals surface area contributed by atoms with Gasteiger partial charge in [0.25, 0.3) is 0 Å². The number of benzene rings is 2. The van der Waals surface area contributed by atoms with Crippen LogP contribution in [-0.2, 0) is 6.18 Å². The van der Waals surface area contributed by atoms with Crippen LogP contribution < -0.4 is 0 Å². The van der Waals surface area contributed by atoms with E-state index in [0.717, 1.165) is 17.8 Å². The third-order valence-electron chi connectivity index (χ3n) is 2.67. The fourth-order valence-corrected chi connectivity index (χ4v) is 2.81. The average Bonchev–Trinajstić information content (AvgIpc) is 2.46. The average molecular weight is 304 g/mol. The van der Waals surface area contributed by atoms with Crippen molar-refractivity contribution in [1.29, 1.82) is 10.5 Å². The van der Waals surface area contributed by atoms with Crippen molar-refractivity contribution in [3.8, 4) is 12.1 Å². The fourth-order valence-electron chi connectivity index (χ4n) is 1.73. The second-order valence-electron chi connectivity index (χ2n) is 4.00. The van der Waals surface area contributed by atoms with E-state index in [0.29, 0.717) is 4.90 Å². The lowest BCUT2D eigenvalue weighted by atomic mass is 10.1. The molecule has 0 aliphatic rings. The highest BCUT2D eigenvalue weighted by Crippen LogP contribution is 2.40. The summed E-state index contributed by atoms with van der Waals surface area (Å²) in [6.45, 7) is 0. The van der Waals surface area contributed by atoms with Crippen molar-refractivity contribution in [2.75, 3.05) is 0 Å². The molecule has 2 rings (SSSR count). The van der Waals surface area contributed by atoms with Gasteiger partial charge >= 0.3 is 6.18 Å². The Morgan fingerprint density at radius 3 is 2.14 bits per heavy atom. The number of halogens is 3. The van der Waals surface area contributed by atoms with Gasteiger partial charge in [-0.2, -0.15) is 23.7 Å². The lowest BCUT2D eigenvalue weighted by Crippen LogP contribution is -2.06. The molecular weight excluding hydrogens is 297 g/mol. The van der Waals surface area contributed by atoms with Gasteiger partial charge in [-0.1, -0.05) is 30.0 Å². The Bertz CT molecular complexity index is 755. The van der Waals surface area contributed by atoms with E-state index in [9.17, 15) is 13.2 Å². The van der Waals surface area contributed by atoms with Crippen molar-refractivity contribution >= 4 is 11.8 Å². The van der Waals surface area contributed by atoms with E-state index in [2.05, 4.69) is 0 Å². The molecule has 0 aliphatic heterocycles. The van der Waals surface area contributed by atoms with Crippen molar-refractivity contribution in [3.05, 3.63) is 59.2 Å². The van der Waals surface area contributed by atoms with Crippen LogP contribution >= 0.6 is 11.8 Å². The highest BCUT2D eigenvalue weighted by atomic mass is 32.2. The number of rotatable bonds is 2. The maximum Gasteiger partial charge on any atom is 0.417 e. The molecule has 0 atom stereocenters. The van der Waals surface area contributed by atoms with Crippen molar-refractivity contribution in [2.45, 2.75) is 16.0 Å². The fraction of sp³-hybridized carbons (Fsp3) is 0.0667. The van der Waals surface area contributed by atoms with E-state index in [4.69, 9.17) is 10.5 Å². The van der Waals surface area contributed by atoms with Gasteiger partial charge in [-0.15, -0.1) is 0 Å². The molecule has 0 spiro atoms. The molecule has 0 aliphatic carbocycles. The zero-order valence-electron chi connectivity index (χ0n) is 10.5. The zero-order valence-corrected chi connectivity index (χ0v) is 11.3. The smallest absolute Gasteiger partial charge is 0.192 e. The molecule has 2 aromatic carbocycles. The molecular formula is C15H7F3N2S. The van der Waals surface area contributed by atoms with Crippen LogP contribution in [0.1, 0.15) is 16.7 Å². The number of nitrogens with zero attached hydrogens (tertiary/aromatic N) is 2. The zero-order chi connectivity index (χ0) is 15.5. The van der Waals surface area contributed by atoms with Crippen LogP contribution in [-0.4, -0.2) is 0 Å². The molecule has 0 amide bonds. The summed E-state index contributed by atoms with van der Waals surface area (Å²) < 4.78 is 38.8. The van der Waals surface area contributed by atoms with Gasteiger partial charge in [-0.05, 0) is 24.3 Å². The highest BCUT2D eigenvalue weighted by Gasteiger charge is 2.33. The Morgan fingerprint density at radius 1 is 0.857 bits per heavy atom. The van der Waals surface area contributed by atoms with E-state index in [-0.39, 0.29) is 16.0 Å². The van der Waals surface area contributed by atoms with Gasteiger partial charge in [0.15, 0.2) is 0 Å². The molecule has 0 unspecified atom stereocenters. The predicted octanol–water partition coefficient (Wildman–Crippen LogP) is 4.60. The van der Waals surface area contributed by atoms with E-state index >= 15 is 0 Å². The van der Waals surface area contributed by atoms with Gasteiger partial charge in [0, 0.05) is 9.79 Å². The number of alkyl halides is 3. The first kappa shape index (κ1) is 15.0. The second-order valence-corrected chi connectivity index (χ2v) is 5.08. The van der Waals surface area contributed by atoms with Crippen LogP contribution in [0.2, 0.25) is 0 Å². The van der Waals surface area contributed by atoms with Gasteiger partial charge in [0.05, 0.1) is 16.7 Å². The lowest BCUT2D eigenvalue weighted by Gasteiger charge is -2.12. The largest absolute Gasteiger partial charge is 0.417 e. The molecule has 104 valence electrons. The maximum atomic E-state index is 12.9. The Hall–Kier alpha value is -2.44. The van der Waals surface area contributed by atoms with Gasteiger partial charge in [0.1, 0.15) is 12.1 Å². The molecule has 2 aromatic rings. The first-order chi connectivity index (χ1) is 9.97. The van der Waals surface area contributed by atoms with E-state index in [1.807, 2.05) is 12.1 Å². The topological polar surface area (TPSA) is 47.6 Å². The summed E-state index contributed by atoms with van der Waals surface area (Å²) in [5.41, 5.74) is -0.532. The second kappa shape index (κ2) is 5.90. The summed E-state index contributed by atoms with van der Waals surface area (Å²) >= 11 is 0.828. The molecule has 0 heterocycles. The highest BCUT2D eigenvalue weighted by molar-refractivity contribution is 7.99. The minimum atomic E-state index is -4.47. The van der Waals surface area contributed by atoms with E-state index in [1.165, 1.54) is 36.4 Å². The molecule has 0 fully saturated rings. The Labute approximate surface area is 123 Å². The maximum absolute atomic E-state index is 12.9. The van der Waals surface area contributed by atoms with Gasteiger partial charge in [0.2, 0.25) is 0 Å². The lowest BCUT2D eigenvalue weighted by molar-refractivity contribution is -0.139. The van der Waals surface area contributed by atoms with Crippen LogP contribution in [0.4, 0.5) is 13.2 Å². The molecule has 6 heteroatoms. The summed E-state index contributed by atoms with van der Waals surface area (Å²) in [5, 5.41) is 18.0. The Morgan fingerprint density at radius 2 is 1.52 bits per heavy atom. The van der Waals surface area contributed by atoms with Crippen molar-refractivity contribution in [2.24, 2.45) is 0 Å². The van der Waals surface area contributed by atoms with Crippen LogP contribution in [0, 0.1) is 22.7 Å². The molecule has 0 radical (unpaired) electrons. The van der Waals surface area contributed by atoms with E-state index < -0.39 is 11.7 Å². The van der Waals surface area contributed by atoms with Gasteiger partial charge in [-0.25, -0.2) is 0 Å². The number of hydrogen-bond acceptors (Lipinski definition) is 3. The molecule has 0 aromatic heterocycles. The summed E-state index contributed by atoms with van der Waals surface area (Å²) in [7, 11) is 0. The van der Waals surface area contributed by atoms with Crippen molar-refractivity contribution in [1.82, 2.24) is 0 Å². The molecule has 21 heavy (non-hydrogen) atoms. The third-order valence-corrected chi connectivity index (χ3v) is 3.81. The Kier molecular flexibility index (Phi) is 4.21. The monoisotopic (exact) mass is 304 g/mol. The molecule has 0 N–H and O–H groups in total. The summed E-state index contributed by atoms with van der Waals surface area (Å²) in [5.74, 6) is 0. The summed E-state index contributed by atoms with van der Waals surface area (Å²) in [6.07, 6.45) is -4.47. The van der Waals surface area contributed by atoms with Gasteiger partial charge in [-0.3, -0.25) is 0 Å². The first-order valence-electron chi connectivity index (χ1n) is 5.74. The van der Waals surface area contributed by atoms with E-state index in [1.54, 1.807) is 0 Å². The Balaban J connectivity index is 2.51. The first-order valence-corrected chi connectivity index (χ1v) is 6.56. The minimum Gasteiger partial charge on any atom is -0.192 e. The van der Waals surface area contributed by atoms with Crippen LogP contribution in [0.5, 0.6) is 0 Å². The minimum absolute atomic E-state index is 0.00316. The van der Waals surface area contributed by atoms with Crippen molar-refractivity contribution in [3.63, 3.8) is 0 Å². The van der Waals surface area contributed by atoms with Gasteiger partial charge < -0.3 is 0 Å². The third kappa shape index (κ3) is 3.18. The quantitative estimate of drug-likeness (QED) is 0.814. The SMILES string of the molecule is N#Cc1cccc(Sc2ccccc2C(F)(F)F)c1C#N. The van der Waals surface area contributed by atoms with Crippen LogP contribution in [0.3, 0.4) is 0 Å². The molecule has 0 bridgehead atoms. The van der Waals surface area contributed by atoms with Crippen LogP contribution in [0.25, 0.3) is 0 Å². The normalized spacial score (nSPS) is 10.7.